The van der Waals surface area contributed by atoms with E-state index >= 15 is 0 Å². The van der Waals surface area contributed by atoms with E-state index in [9.17, 15) is 0 Å². The van der Waals surface area contributed by atoms with E-state index in [1.165, 1.54) is 16.8 Å². The van der Waals surface area contributed by atoms with Crippen LogP contribution < -0.4 is 10.1 Å². The van der Waals surface area contributed by atoms with Crippen LogP contribution in [0.25, 0.3) is 0 Å². The van der Waals surface area contributed by atoms with Crippen molar-refractivity contribution in [2.24, 2.45) is 0 Å². The molecule has 0 aromatic heterocycles. The Bertz CT molecular complexity index is 551. The molecule has 2 rings (SSSR count). The average molecular weight is 290 g/mol. The van der Waals surface area contributed by atoms with E-state index in [0.717, 1.165) is 23.7 Å². The van der Waals surface area contributed by atoms with Crippen molar-refractivity contribution in [1.29, 1.82) is 0 Å². The zero-order valence-electron chi connectivity index (χ0n) is 11.9. The molecule has 0 amide bonds. The van der Waals surface area contributed by atoms with Crippen LogP contribution in [0.2, 0.25) is 5.02 Å². The summed E-state index contributed by atoms with van der Waals surface area (Å²) in [5, 5.41) is 4.16. The van der Waals surface area contributed by atoms with E-state index in [1.807, 2.05) is 24.3 Å². The molecule has 0 aliphatic heterocycles. The summed E-state index contributed by atoms with van der Waals surface area (Å²) in [5.74, 6) is 0.862. The lowest BCUT2D eigenvalue weighted by molar-refractivity contribution is 0.315. The Hall–Kier alpha value is -1.67. The van der Waals surface area contributed by atoms with Gasteiger partial charge in [0.25, 0.3) is 0 Å². The first-order valence-corrected chi connectivity index (χ1v) is 7.22. The summed E-state index contributed by atoms with van der Waals surface area (Å²) in [6.07, 6.45) is 0.954. The number of rotatable bonds is 6. The SMILES string of the molecule is Cc1ccc(NCCCOc2ccc(Cl)cc2)c(C)c1. The van der Waals surface area contributed by atoms with Gasteiger partial charge >= 0.3 is 0 Å². The molecule has 0 aliphatic carbocycles. The summed E-state index contributed by atoms with van der Waals surface area (Å²) < 4.78 is 5.65. The third-order valence-corrected chi connectivity index (χ3v) is 3.35. The van der Waals surface area contributed by atoms with Crippen LogP contribution in [0.15, 0.2) is 42.5 Å². The number of anilines is 1. The van der Waals surface area contributed by atoms with Gasteiger partial charge in [-0.3, -0.25) is 0 Å². The highest BCUT2D eigenvalue weighted by Crippen LogP contribution is 2.17. The summed E-state index contributed by atoms with van der Waals surface area (Å²) in [7, 11) is 0. The quantitative estimate of drug-likeness (QED) is 0.769. The van der Waals surface area contributed by atoms with Gasteiger partial charge in [0.15, 0.2) is 0 Å². The van der Waals surface area contributed by atoms with Gasteiger partial charge in [0, 0.05) is 17.3 Å². The largest absolute Gasteiger partial charge is 0.494 e. The Balaban J connectivity index is 1.70. The highest BCUT2D eigenvalue weighted by atomic mass is 35.5. The zero-order valence-corrected chi connectivity index (χ0v) is 12.7. The third kappa shape index (κ3) is 4.46. The van der Waals surface area contributed by atoms with Crippen LogP contribution in [0, 0.1) is 13.8 Å². The van der Waals surface area contributed by atoms with Crippen molar-refractivity contribution in [3.05, 3.63) is 58.6 Å². The van der Waals surface area contributed by atoms with Crippen molar-refractivity contribution in [3.8, 4) is 5.75 Å². The molecule has 0 spiro atoms. The van der Waals surface area contributed by atoms with Gasteiger partial charge < -0.3 is 10.1 Å². The van der Waals surface area contributed by atoms with Crippen LogP contribution >= 0.6 is 11.6 Å². The first-order valence-electron chi connectivity index (χ1n) is 6.84. The smallest absolute Gasteiger partial charge is 0.119 e. The second kappa shape index (κ2) is 7.20. The summed E-state index contributed by atoms with van der Waals surface area (Å²) >= 11 is 5.82. The molecule has 0 unspecified atom stereocenters. The normalized spacial score (nSPS) is 10.3. The lowest BCUT2D eigenvalue weighted by Gasteiger charge is -2.11. The minimum Gasteiger partial charge on any atom is -0.494 e. The number of nitrogens with one attached hydrogen (secondary N) is 1. The molecule has 1 N–H and O–H groups in total. The van der Waals surface area contributed by atoms with Gasteiger partial charge in [-0.1, -0.05) is 29.3 Å². The minimum atomic E-state index is 0.694. The topological polar surface area (TPSA) is 21.3 Å². The highest BCUT2D eigenvalue weighted by Gasteiger charge is 1.98. The molecule has 20 heavy (non-hydrogen) atoms. The Kier molecular flexibility index (Phi) is 5.31. The fourth-order valence-electron chi connectivity index (χ4n) is 2.03. The van der Waals surface area contributed by atoms with Crippen LogP contribution in [0.3, 0.4) is 0 Å². The summed E-state index contributed by atoms with van der Waals surface area (Å²) in [4.78, 5) is 0. The second-order valence-electron chi connectivity index (χ2n) is 4.90. The third-order valence-electron chi connectivity index (χ3n) is 3.10. The molecule has 0 bridgehead atoms. The number of hydrogen-bond donors (Lipinski definition) is 1. The van der Waals surface area contributed by atoms with Crippen LogP contribution in [0.5, 0.6) is 5.75 Å². The lowest BCUT2D eigenvalue weighted by atomic mass is 10.1. The second-order valence-corrected chi connectivity index (χ2v) is 5.34. The number of halogens is 1. The number of hydrogen-bond acceptors (Lipinski definition) is 2. The molecule has 0 saturated carbocycles. The minimum absolute atomic E-state index is 0.694. The first-order chi connectivity index (χ1) is 9.65. The maximum absolute atomic E-state index is 5.82. The Labute approximate surface area is 125 Å². The molecule has 0 heterocycles. The maximum Gasteiger partial charge on any atom is 0.119 e. The van der Waals surface area contributed by atoms with Crippen molar-refractivity contribution < 1.29 is 4.74 Å². The summed E-state index contributed by atoms with van der Waals surface area (Å²) in [6, 6.07) is 13.9. The van der Waals surface area contributed by atoms with Gasteiger partial charge in [-0.15, -0.1) is 0 Å². The number of ether oxygens (including phenoxy) is 1. The molecule has 0 atom stereocenters. The van der Waals surface area contributed by atoms with E-state index in [0.29, 0.717) is 6.61 Å². The summed E-state index contributed by atoms with van der Waals surface area (Å²) in [6.45, 7) is 5.83. The van der Waals surface area contributed by atoms with E-state index in [2.05, 4.69) is 37.4 Å². The van der Waals surface area contributed by atoms with Crippen molar-refractivity contribution in [2.45, 2.75) is 20.3 Å². The van der Waals surface area contributed by atoms with E-state index < -0.39 is 0 Å². The van der Waals surface area contributed by atoms with E-state index in [4.69, 9.17) is 16.3 Å². The van der Waals surface area contributed by atoms with Gasteiger partial charge in [0.1, 0.15) is 5.75 Å². The standard InChI is InChI=1S/C17H20ClNO/c1-13-4-9-17(14(2)12-13)19-10-3-11-20-16-7-5-15(18)6-8-16/h4-9,12,19H,3,10-11H2,1-2H3. The Morgan fingerprint density at radius 3 is 2.50 bits per heavy atom. The number of benzene rings is 2. The molecular formula is C17H20ClNO. The average Bonchev–Trinajstić information content (AvgIpc) is 2.42. The molecule has 2 aromatic rings. The molecular weight excluding hydrogens is 270 g/mol. The van der Waals surface area contributed by atoms with Crippen molar-refractivity contribution in [3.63, 3.8) is 0 Å². The zero-order chi connectivity index (χ0) is 14.4. The van der Waals surface area contributed by atoms with Crippen LogP contribution in [0.4, 0.5) is 5.69 Å². The predicted molar refractivity (Wildman–Crippen MR) is 86.0 cm³/mol. The molecule has 0 radical (unpaired) electrons. The fraction of sp³-hybridized carbons (Fsp3) is 0.294. The van der Waals surface area contributed by atoms with Crippen molar-refractivity contribution >= 4 is 17.3 Å². The van der Waals surface area contributed by atoms with E-state index in [-0.39, 0.29) is 0 Å². The van der Waals surface area contributed by atoms with E-state index in [1.54, 1.807) is 0 Å². The van der Waals surface area contributed by atoms with Crippen LogP contribution in [-0.4, -0.2) is 13.2 Å². The Morgan fingerprint density at radius 1 is 1.05 bits per heavy atom. The monoisotopic (exact) mass is 289 g/mol. The maximum atomic E-state index is 5.82. The fourth-order valence-corrected chi connectivity index (χ4v) is 2.15. The first kappa shape index (κ1) is 14.7. The molecule has 3 heteroatoms. The lowest BCUT2D eigenvalue weighted by Crippen LogP contribution is -2.08. The number of aryl methyl sites for hydroxylation is 2. The molecule has 2 nitrogen and oxygen atoms in total. The van der Waals surface area contributed by atoms with Gasteiger partial charge in [-0.25, -0.2) is 0 Å². The van der Waals surface area contributed by atoms with Crippen LogP contribution in [-0.2, 0) is 0 Å². The molecule has 0 fully saturated rings. The van der Waals surface area contributed by atoms with Crippen molar-refractivity contribution in [1.82, 2.24) is 0 Å². The molecule has 0 saturated heterocycles. The Morgan fingerprint density at radius 2 is 1.80 bits per heavy atom. The molecule has 2 aromatic carbocycles. The molecule has 0 aliphatic rings. The summed E-state index contributed by atoms with van der Waals surface area (Å²) in [5.41, 5.74) is 3.77. The predicted octanol–water partition coefficient (Wildman–Crippen LogP) is 4.84. The van der Waals surface area contributed by atoms with Gasteiger partial charge in [-0.2, -0.15) is 0 Å². The van der Waals surface area contributed by atoms with Gasteiger partial charge in [0.05, 0.1) is 6.61 Å². The van der Waals surface area contributed by atoms with Crippen molar-refractivity contribution in [2.75, 3.05) is 18.5 Å². The molecule has 106 valence electrons. The van der Waals surface area contributed by atoms with Gasteiger partial charge in [0.2, 0.25) is 0 Å². The van der Waals surface area contributed by atoms with Crippen LogP contribution in [0.1, 0.15) is 17.5 Å². The van der Waals surface area contributed by atoms with Gasteiger partial charge in [-0.05, 0) is 56.2 Å². The highest BCUT2D eigenvalue weighted by molar-refractivity contribution is 6.30.